The summed E-state index contributed by atoms with van der Waals surface area (Å²) in [4.78, 5) is 0.233. The van der Waals surface area contributed by atoms with Crippen molar-refractivity contribution in [3.8, 4) is 5.75 Å². The van der Waals surface area contributed by atoms with Crippen LogP contribution in [-0.2, 0) is 16.4 Å². The molecule has 0 unspecified atom stereocenters. The molecular formula is C19H24ClNO3S. The Bertz CT molecular complexity index is 789. The maximum atomic E-state index is 12.5. The highest BCUT2D eigenvalue weighted by atomic mass is 35.5. The van der Waals surface area contributed by atoms with Gasteiger partial charge in [0.1, 0.15) is 5.75 Å². The zero-order chi connectivity index (χ0) is 18.3. The Labute approximate surface area is 155 Å². The fourth-order valence-corrected chi connectivity index (χ4v) is 3.84. The largest absolute Gasteiger partial charge is 0.495 e. The van der Waals surface area contributed by atoms with Crippen molar-refractivity contribution in [1.29, 1.82) is 0 Å². The summed E-state index contributed by atoms with van der Waals surface area (Å²) < 4.78 is 32.6. The minimum Gasteiger partial charge on any atom is -0.495 e. The number of ether oxygens (including phenoxy) is 1. The number of methoxy groups -OCH3 is 1. The molecule has 0 radical (unpaired) electrons. The van der Waals surface area contributed by atoms with Gasteiger partial charge in [-0.1, -0.05) is 49.9 Å². The van der Waals surface area contributed by atoms with Gasteiger partial charge in [0, 0.05) is 0 Å². The van der Waals surface area contributed by atoms with Crippen LogP contribution in [-0.4, -0.2) is 15.5 Å². The second kappa shape index (κ2) is 9.11. The number of hydrogen-bond acceptors (Lipinski definition) is 3. The lowest BCUT2D eigenvalue weighted by molar-refractivity contribution is 0.415. The predicted octanol–water partition coefficient (Wildman–Crippen LogP) is 5.27. The quantitative estimate of drug-likeness (QED) is 0.602. The van der Waals surface area contributed by atoms with E-state index in [2.05, 4.69) is 11.6 Å². The number of nitrogens with one attached hydrogen (secondary N) is 1. The van der Waals surface area contributed by atoms with Gasteiger partial charge in [0.05, 0.1) is 22.7 Å². The first-order valence-corrected chi connectivity index (χ1v) is 10.3. The second-order valence-electron chi connectivity index (χ2n) is 5.91. The van der Waals surface area contributed by atoms with Crippen molar-refractivity contribution in [1.82, 2.24) is 0 Å². The van der Waals surface area contributed by atoms with Crippen molar-refractivity contribution in [2.75, 3.05) is 11.8 Å². The Morgan fingerprint density at radius 3 is 2.36 bits per heavy atom. The SMILES string of the molecule is CCCCCCc1ccc(S(=O)(=O)Nc2ccc(OC)c(Cl)c2)cc1. The highest BCUT2D eigenvalue weighted by molar-refractivity contribution is 7.92. The molecule has 0 amide bonds. The van der Waals surface area contributed by atoms with E-state index in [0.717, 1.165) is 18.4 Å². The molecule has 25 heavy (non-hydrogen) atoms. The van der Waals surface area contributed by atoms with Crippen molar-refractivity contribution in [2.24, 2.45) is 0 Å². The molecule has 0 aliphatic rings. The lowest BCUT2D eigenvalue weighted by atomic mass is 10.1. The molecule has 0 saturated carbocycles. The monoisotopic (exact) mass is 381 g/mol. The molecule has 4 nitrogen and oxygen atoms in total. The van der Waals surface area contributed by atoms with Crippen LogP contribution in [0, 0.1) is 0 Å². The standard InChI is InChI=1S/C19H24ClNO3S/c1-3-4-5-6-7-15-8-11-17(12-9-15)25(22,23)21-16-10-13-19(24-2)18(20)14-16/h8-14,21H,3-7H2,1-2H3. The van der Waals surface area contributed by atoms with Gasteiger partial charge in [0.25, 0.3) is 10.0 Å². The molecule has 0 bridgehead atoms. The molecular weight excluding hydrogens is 358 g/mol. The molecule has 0 aromatic heterocycles. The molecule has 6 heteroatoms. The second-order valence-corrected chi connectivity index (χ2v) is 8.00. The number of sulfonamides is 1. The Balaban J connectivity index is 2.05. The molecule has 136 valence electrons. The van der Waals surface area contributed by atoms with Crippen LogP contribution in [0.25, 0.3) is 0 Å². The number of rotatable bonds is 9. The van der Waals surface area contributed by atoms with Gasteiger partial charge in [-0.2, -0.15) is 0 Å². The molecule has 2 rings (SSSR count). The number of hydrogen-bond donors (Lipinski definition) is 1. The number of halogens is 1. The summed E-state index contributed by atoms with van der Waals surface area (Å²) in [7, 11) is -2.14. The number of aryl methyl sites for hydroxylation is 1. The topological polar surface area (TPSA) is 55.4 Å². The van der Waals surface area contributed by atoms with E-state index in [1.807, 2.05) is 12.1 Å². The summed E-state index contributed by atoms with van der Waals surface area (Å²) in [6, 6.07) is 11.8. The van der Waals surface area contributed by atoms with Crippen molar-refractivity contribution >= 4 is 27.3 Å². The van der Waals surface area contributed by atoms with Crippen LogP contribution in [0.4, 0.5) is 5.69 Å². The van der Waals surface area contributed by atoms with E-state index >= 15 is 0 Å². The van der Waals surface area contributed by atoms with Crippen molar-refractivity contribution < 1.29 is 13.2 Å². The fraction of sp³-hybridized carbons (Fsp3) is 0.368. The maximum absolute atomic E-state index is 12.5. The van der Waals surface area contributed by atoms with E-state index in [-0.39, 0.29) is 4.90 Å². The number of unbranched alkanes of at least 4 members (excludes halogenated alkanes) is 3. The molecule has 0 aliphatic heterocycles. The van der Waals surface area contributed by atoms with Gasteiger partial charge in [-0.15, -0.1) is 0 Å². The molecule has 0 spiro atoms. The normalized spacial score (nSPS) is 11.3. The number of benzene rings is 2. The first kappa shape index (κ1) is 19.6. The lowest BCUT2D eigenvalue weighted by Gasteiger charge is -2.10. The van der Waals surface area contributed by atoms with Crippen LogP contribution in [0.15, 0.2) is 47.4 Å². The summed E-state index contributed by atoms with van der Waals surface area (Å²) in [5.41, 5.74) is 1.55. The smallest absolute Gasteiger partial charge is 0.261 e. The zero-order valence-electron chi connectivity index (χ0n) is 14.6. The third-order valence-corrected chi connectivity index (χ3v) is 5.65. The van der Waals surface area contributed by atoms with Gasteiger partial charge in [0.2, 0.25) is 0 Å². The molecule has 1 N–H and O–H groups in total. The van der Waals surface area contributed by atoms with Crippen molar-refractivity contribution in [3.63, 3.8) is 0 Å². The van der Waals surface area contributed by atoms with E-state index in [0.29, 0.717) is 16.5 Å². The number of anilines is 1. The molecule has 0 aliphatic carbocycles. The minimum absolute atomic E-state index is 0.233. The molecule has 0 heterocycles. The Morgan fingerprint density at radius 1 is 1.04 bits per heavy atom. The summed E-state index contributed by atoms with van der Waals surface area (Å²) in [5, 5.41) is 0.352. The first-order chi connectivity index (χ1) is 12.0. The van der Waals surface area contributed by atoms with Crippen LogP contribution in [0.2, 0.25) is 5.02 Å². The summed E-state index contributed by atoms with van der Waals surface area (Å²) in [6.07, 6.45) is 5.75. The average molecular weight is 382 g/mol. The van der Waals surface area contributed by atoms with E-state index in [1.165, 1.54) is 32.4 Å². The summed E-state index contributed by atoms with van der Waals surface area (Å²) >= 11 is 6.04. The van der Waals surface area contributed by atoms with E-state index in [4.69, 9.17) is 16.3 Å². The Morgan fingerprint density at radius 2 is 1.76 bits per heavy atom. The molecule has 2 aromatic rings. The van der Waals surface area contributed by atoms with Crippen LogP contribution in [0.5, 0.6) is 5.75 Å². The molecule has 2 aromatic carbocycles. The third-order valence-electron chi connectivity index (χ3n) is 3.96. The van der Waals surface area contributed by atoms with Gasteiger partial charge in [0.15, 0.2) is 0 Å². The van der Waals surface area contributed by atoms with Crippen molar-refractivity contribution in [2.45, 2.75) is 43.9 Å². The van der Waals surface area contributed by atoms with Crippen LogP contribution < -0.4 is 9.46 Å². The van der Waals surface area contributed by atoms with Gasteiger partial charge < -0.3 is 4.74 Å². The average Bonchev–Trinajstić information content (AvgIpc) is 2.59. The van der Waals surface area contributed by atoms with E-state index in [9.17, 15) is 8.42 Å². The Kier molecular flexibility index (Phi) is 7.14. The van der Waals surface area contributed by atoms with Gasteiger partial charge >= 0.3 is 0 Å². The fourth-order valence-electron chi connectivity index (χ4n) is 2.54. The molecule has 0 fully saturated rings. The highest BCUT2D eigenvalue weighted by Crippen LogP contribution is 2.28. The predicted molar refractivity (Wildman–Crippen MR) is 103 cm³/mol. The highest BCUT2D eigenvalue weighted by Gasteiger charge is 2.15. The first-order valence-electron chi connectivity index (χ1n) is 8.41. The van der Waals surface area contributed by atoms with E-state index in [1.54, 1.807) is 24.3 Å². The summed E-state index contributed by atoms with van der Waals surface area (Å²) in [6.45, 7) is 2.18. The molecule has 0 atom stereocenters. The maximum Gasteiger partial charge on any atom is 0.261 e. The Hall–Kier alpha value is -1.72. The van der Waals surface area contributed by atoms with Crippen LogP contribution >= 0.6 is 11.6 Å². The third kappa shape index (κ3) is 5.65. The summed E-state index contributed by atoms with van der Waals surface area (Å²) in [5.74, 6) is 0.497. The van der Waals surface area contributed by atoms with Gasteiger partial charge in [-0.05, 0) is 48.7 Å². The molecule has 0 saturated heterocycles. The van der Waals surface area contributed by atoms with Crippen molar-refractivity contribution in [3.05, 3.63) is 53.1 Å². The van der Waals surface area contributed by atoms with Crippen LogP contribution in [0.1, 0.15) is 38.2 Å². The zero-order valence-corrected chi connectivity index (χ0v) is 16.2. The van der Waals surface area contributed by atoms with Gasteiger partial charge in [-0.3, -0.25) is 4.72 Å². The lowest BCUT2D eigenvalue weighted by Crippen LogP contribution is -2.13. The van der Waals surface area contributed by atoms with E-state index < -0.39 is 10.0 Å². The van der Waals surface area contributed by atoms with Gasteiger partial charge in [-0.25, -0.2) is 8.42 Å². The minimum atomic E-state index is -3.65. The van der Waals surface area contributed by atoms with Crippen LogP contribution in [0.3, 0.4) is 0 Å².